The van der Waals surface area contributed by atoms with Crippen LogP contribution in [0.25, 0.3) is 0 Å². The predicted octanol–water partition coefficient (Wildman–Crippen LogP) is 1.93. The van der Waals surface area contributed by atoms with E-state index in [0.717, 1.165) is 38.6 Å². The van der Waals surface area contributed by atoms with Crippen LogP contribution in [0.4, 0.5) is 0 Å². The molecule has 1 rings (SSSR count). The summed E-state index contributed by atoms with van der Waals surface area (Å²) in [5, 5.41) is 3.02. The Morgan fingerprint density at radius 1 is 1.42 bits per heavy atom. The largest absolute Gasteiger partial charge is 0.479 e. The molecule has 5 heteroatoms. The van der Waals surface area contributed by atoms with E-state index in [-0.39, 0.29) is 5.91 Å². The zero-order valence-corrected chi connectivity index (χ0v) is 13.5. The van der Waals surface area contributed by atoms with Gasteiger partial charge in [0.25, 0.3) is 0 Å². The third-order valence-electron chi connectivity index (χ3n) is 2.33. The van der Waals surface area contributed by atoms with Gasteiger partial charge in [0.05, 0.1) is 6.54 Å². The highest BCUT2D eigenvalue weighted by atomic mass is 16.5. The minimum Gasteiger partial charge on any atom is -0.479 e. The summed E-state index contributed by atoms with van der Waals surface area (Å²) in [6, 6.07) is 0. The molecule has 1 aliphatic rings. The van der Waals surface area contributed by atoms with Crippen molar-refractivity contribution in [2.75, 3.05) is 40.3 Å². The Balaban J connectivity index is 0. The van der Waals surface area contributed by atoms with Crippen LogP contribution in [-0.2, 0) is 9.53 Å². The van der Waals surface area contributed by atoms with Crippen molar-refractivity contribution < 1.29 is 9.53 Å². The first-order valence-corrected chi connectivity index (χ1v) is 6.99. The molecule has 0 unspecified atom stereocenters. The Morgan fingerprint density at radius 2 is 2.05 bits per heavy atom. The molecule has 1 aliphatic heterocycles. The lowest BCUT2D eigenvalue weighted by Gasteiger charge is -2.11. The van der Waals surface area contributed by atoms with Gasteiger partial charge in [-0.2, -0.15) is 0 Å². The molecule has 0 radical (unpaired) electrons. The smallest absolute Gasteiger partial charge is 0.219 e. The van der Waals surface area contributed by atoms with Crippen molar-refractivity contribution >= 4 is 11.8 Å². The first kappa shape index (κ1) is 20.2. The molecule has 0 spiro atoms. The van der Waals surface area contributed by atoms with Gasteiger partial charge in [-0.05, 0) is 26.4 Å². The Morgan fingerprint density at radius 3 is 2.16 bits per heavy atom. The molecule has 1 N–H and O–H groups in total. The average molecular weight is 273 g/mol. The lowest BCUT2D eigenvalue weighted by Crippen LogP contribution is -2.24. The van der Waals surface area contributed by atoms with E-state index in [1.807, 2.05) is 21.0 Å². The Labute approximate surface area is 118 Å². The summed E-state index contributed by atoms with van der Waals surface area (Å²) in [7, 11) is 3.77. The molecule has 1 amide bonds. The second-order valence-electron chi connectivity index (χ2n) is 4.29. The van der Waals surface area contributed by atoms with Crippen molar-refractivity contribution in [1.82, 2.24) is 10.2 Å². The van der Waals surface area contributed by atoms with Gasteiger partial charge in [-0.1, -0.05) is 13.8 Å². The fourth-order valence-corrected chi connectivity index (χ4v) is 1.18. The van der Waals surface area contributed by atoms with E-state index in [2.05, 4.69) is 24.2 Å². The summed E-state index contributed by atoms with van der Waals surface area (Å²) < 4.78 is 4.90. The van der Waals surface area contributed by atoms with Crippen LogP contribution in [0.2, 0.25) is 0 Å². The van der Waals surface area contributed by atoms with Gasteiger partial charge >= 0.3 is 0 Å². The quantitative estimate of drug-likeness (QED) is 0.851. The second kappa shape index (κ2) is 15.0. The van der Waals surface area contributed by atoms with E-state index in [1.165, 1.54) is 6.42 Å². The molecule has 0 bridgehead atoms. The molecule has 1 heterocycles. The van der Waals surface area contributed by atoms with Crippen LogP contribution in [0.1, 0.15) is 40.5 Å². The number of amides is 1. The lowest BCUT2D eigenvalue weighted by atomic mass is 10.4. The Hall–Kier alpha value is -1.10. The first-order valence-electron chi connectivity index (χ1n) is 6.99. The van der Waals surface area contributed by atoms with Crippen LogP contribution in [0.15, 0.2) is 4.99 Å². The van der Waals surface area contributed by atoms with E-state index in [1.54, 1.807) is 11.8 Å². The number of hydrogen-bond donors (Lipinski definition) is 1. The third-order valence-corrected chi connectivity index (χ3v) is 2.33. The van der Waals surface area contributed by atoms with E-state index in [0.29, 0.717) is 0 Å². The van der Waals surface area contributed by atoms with E-state index < -0.39 is 0 Å². The molecule has 0 saturated heterocycles. The normalized spacial score (nSPS) is 12.2. The fourth-order valence-electron chi connectivity index (χ4n) is 1.18. The molecule has 0 aromatic heterocycles. The van der Waals surface area contributed by atoms with Gasteiger partial charge in [0.15, 0.2) is 5.90 Å². The highest BCUT2D eigenvalue weighted by Gasteiger charge is 1.97. The minimum absolute atomic E-state index is 0.145. The monoisotopic (exact) mass is 273 g/mol. The van der Waals surface area contributed by atoms with Gasteiger partial charge in [0.2, 0.25) is 5.91 Å². The summed E-state index contributed by atoms with van der Waals surface area (Å²) in [5.41, 5.74) is 0. The first-order chi connectivity index (χ1) is 8.99. The second-order valence-corrected chi connectivity index (χ2v) is 4.29. The zero-order valence-electron chi connectivity index (χ0n) is 13.5. The maximum atomic E-state index is 10.5. The van der Waals surface area contributed by atoms with Gasteiger partial charge in [0, 0.05) is 27.4 Å². The van der Waals surface area contributed by atoms with Crippen LogP contribution >= 0.6 is 0 Å². The number of nitrogens with one attached hydrogen (secondary N) is 1. The maximum Gasteiger partial charge on any atom is 0.219 e. The average Bonchev–Trinajstić information content (AvgIpc) is 2.83. The number of aliphatic imine (C=N–C) groups is 1. The zero-order chi connectivity index (χ0) is 15.1. The molecule has 114 valence electrons. The van der Waals surface area contributed by atoms with Crippen LogP contribution in [0, 0.1) is 0 Å². The summed E-state index contributed by atoms with van der Waals surface area (Å²) in [4.78, 5) is 16.1. The number of hydrogen-bond acceptors (Lipinski definition) is 4. The number of carbonyl (C=O) groups is 1. The number of carbonyl (C=O) groups excluding carboxylic acids is 1. The maximum absolute atomic E-state index is 10.5. The molecular weight excluding hydrogens is 242 g/mol. The van der Waals surface area contributed by atoms with Gasteiger partial charge in [0.1, 0.15) is 6.61 Å². The van der Waals surface area contributed by atoms with Crippen molar-refractivity contribution in [1.29, 1.82) is 0 Å². The van der Waals surface area contributed by atoms with Gasteiger partial charge < -0.3 is 15.0 Å². The van der Waals surface area contributed by atoms with Crippen molar-refractivity contribution in [3.05, 3.63) is 0 Å². The fraction of sp³-hybridized carbons (Fsp3) is 0.857. The highest BCUT2D eigenvalue weighted by Crippen LogP contribution is 1.89. The molecule has 0 atom stereocenters. The van der Waals surface area contributed by atoms with Crippen LogP contribution in [-0.4, -0.2) is 57.0 Å². The number of rotatable bonds is 4. The topological polar surface area (TPSA) is 53.9 Å². The van der Waals surface area contributed by atoms with Gasteiger partial charge in [-0.25, -0.2) is 0 Å². The van der Waals surface area contributed by atoms with Crippen LogP contribution in [0.5, 0.6) is 0 Å². The Bertz CT molecular complexity index is 241. The molecule has 0 aromatic rings. The summed E-state index contributed by atoms with van der Waals surface area (Å²) in [6.45, 7) is 11.3. The summed E-state index contributed by atoms with van der Waals surface area (Å²) >= 11 is 0. The van der Waals surface area contributed by atoms with E-state index in [9.17, 15) is 4.79 Å². The number of nitrogens with zero attached hydrogens (tertiary/aromatic N) is 2. The van der Waals surface area contributed by atoms with Crippen molar-refractivity contribution in [2.24, 2.45) is 4.99 Å². The van der Waals surface area contributed by atoms with Crippen molar-refractivity contribution in [2.45, 2.75) is 40.5 Å². The Kier molecular flexibility index (Phi) is 15.9. The molecule has 0 aliphatic carbocycles. The molecular formula is C14H31N3O2. The minimum atomic E-state index is 0.145. The van der Waals surface area contributed by atoms with Gasteiger partial charge in [-0.3, -0.25) is 9.79 Å². The highest BCUT2D eigenvalue weighted by molar-refractivity contribution is 5.74. The molecule has 0 saturated carbocycles. The van der Waals surface area contributed by atoms with E-state index in [4.69, 9.17) is 4.74 Å². The van der Waals surface area contributed by atoms with Crippen LogP contribution < -0.4 is 5.32 Å². The van der Waals surface area contributed by atoms with Crippen LogP contribution in [0.3, 0.4) is 0 Å². The molecule has 19 heavy (non-hydrogen) atoms. The molecule has 5 nitrogen and oxygen atoms in total. The van der Waals surface area contributed by atoms with Crippen molar-refractivity contribution in [3.8, 4) is 0 Å². The SMILES string of the molecule is CC1=NCCO1.CCCN(C)C(C)=O.CCCNC. The lowest BCUT2D eigenvalue weighted by molar-refractivity contribution is -0.127. The van der Waals surface area contributed by atoms with E-state index >= 15 is 0 Å². The number of ether oxygens (including phenoxy) is 1. The molecule has 0 aromatic carbocycles. The van der Waals surface area contributed by atoms with Gasteiger partial charge in [-0.15, -0.1) is 0 Å². The summed E-state index contributed by atoms with van der Waals surface area (Å²) in [6.07, 6.45) is 2.27. The summed E-state index contributed by atoms with van der Waals surface area (Å²) in [5.74, 6) is 0.974. The standard InChI is InChI=1S/C6H13NO.C4H7NO.C4H11N/c1-4-5-7(3)6(2)8;1-4-5-2-3-6-4;1-3-4-5-2/h4-5H2,1-3H3;2-3H2,1H3;5H,3-4H2,1-2H3. The molecule has 0 fully saturated rings. The third kappa shape index (κ3) is 16.9. The predicted molar refractivity (Wildman–Crippen MR) is 81.7 cm³/mol. The van der Waals surface area contributed by atoms with Crippen molar-refractivity contribution in [3.63, 3.8) is 0 Å².